The standard InChI is InChI=1S/C18H17Cl2N3OS/c1-3-14-10-25-18(22-13-6-7-15(19)16(20)8-13)23(14)17(24)12-5-4-11(2)21-9-12/h4-9,14H,3,10H2,1-2H3. The average molecular weight is 394 g/mol. The van der Waals surface area contributed by atoms with Gasteiger partial charge in [0.2, 0.25) is 0 Å². The monoisotopic (exact) mass is 393 g/mol. The molecular formula is C18H17Cl2N3OS. The van der Waals surface area contributed by atoms with E-state index in [1.165, 1.54) is 0 Å². The van der Waals surface area contributed by atoms with Crippen LogP contribution in [0.15, 0.2) is 41.5 Å². The molecule has 1 fully saturated rings. The highest BCUT2D eigenvalue weighted by Crippen LogP contribution is 2.32. The molecule has 1 unspecified atom stereocenters. The smallest absolute Gasteiger partial charge is 0.261 e. The predicted molar refractivity (Wildman–Crippen MR) is 105 cm³/mol. The highest BCUT2D eigenvalue weighted by Gasteiger charge is 2.34. The Kier molecular flexibility index (Phi) is 5.67. The van der Waals surface area contributed by atoms with Gasteiger partial charge in [-0.25, -0.2) is 4.99 Å². The van der Waals surface area contributed by atoms with Crippen LogP contribution in [-0.2, 0) is 0 Å². The normalized spacial score (nSPS) is 18.8. The second kappa shape index (κ2) is 7.77. The number of carbonyl (C=O) groups excluding carboxylic acids is 1. The Balaban J connectivity index is 1.95. The summed E-state index contributed by atoms with van der Waals surface area (Å²) in [4.78, 5) is 23.6. The summed E-state index contributed by atoms with van der Waals surface area (Å²) < 4.78 is 0. The third-order valence-corrected chi connectivity index (χ3v) is 5.79. The fourth-order valence-electron chi connectivity index (χ4n) is 2.51. The topological polar surface area (TPSA) is 45.6 Å². The van der Waals surface area contributed by atoms with E-state index in [1.54, 1.807) is 47.1 Å². The lowest BCUT2D eigenvalue weighted by atomic mass is 10.2. The molecule has 2 aromatic rings. The van der Waals surface area contributed by atoms with Crippen molar-refractivity contribution in [3.8, 4) is 0 Å². The number of hydrogen-bond acceptors (Lipinski definition) is 4. The molecule has 0 aliphatic carbocycles. The van der Waals surface area contributed by atoms with Crippen molar-refractivity contribution in [3.05, 3.63) is 57.8 Å². The van der Waals surface area contributed by atoms with Gasteiger partial charge < -0.3 is 0 Å². The van der Waals surface area contributed by atoms with Gasteiger partial charge in [0.05, 0.1) is 21.3 Å². The molecule has 7 heteroatoms. The number of nitrogens with zero attached hydrogens (tertiary/aromatic N) is 3. The van der Waals surface area contributed by atoms with Crippen LogP contribution in [0.2, 0.25) is 10.0 Å². The summed E-state index contributed by atoms with van der Waals surface area (Å²) in [6.45, 7) is 3.97. The van der Waals surface area contributed by atoms with Gasteiger partial charge in [0.25, 0.3) is 5.91 Å². The highest BCUT2D eigenvalue weighted by atomic mass is 35.5. The van der Waals surface area contributed by atoms with Crippen LogP contribution in [0.1, 0.15) is 29.4 Å². The lowest BCUT2D eigenvalue weighted by molar-refractivity contribution is 0.0819. The fourth-order valence-corrected chi connectivity index (χ4v) is 4.07. The van der Waals surface area contributed by atoms with Gasteiger partial charge in [-0.2, -0.15) is 0 Å². The van der Waals surface area contributed by atoms with Gasteiger partial charge in [-0.15, -0.1) is 0 Å². The maximum Gasteiger partial charge on any atom is 0.261 e. The molecule has 25 heavy (non-hydrogen) atoms. The minimum absolute atomic E-state index is 0.0804. The SMILES string of the molecule is CCC1CSC(=Nc2ccc(Cl)c(Cl)c2)N1C(=O)c1ccc(C)nc1. The molecule has 130 valence electrons. The molecular weight excluding hydrogens is 377 g/mol. The van der Waals surface area contributed by atoms with Crippen molar-refractivity contribution < 1.29 is 4.79 Å². The Morgan fingerprint density at radius 1 is 1.32 bits per heavy atom. The number of carbonyl (C=O) groups is 1. The number of halogens is 2. The first kappa shape index (κ1) is 18.2. The van der Waals surface area contributed by atoms with Gasteiger partial charge in [0.15, 0.2) is 5.17 Å². The number of amides is 1. The number of aliphatic imine (C=N–C) groups is 1. The van der Waals surface area contributed by atoms with Crippen molar-refractivity contribution in [2.45, 2.75) is 26.3 Å². The first-order chi connectivity index (χ1) is 12.0. The number of amidine groups is 1. The summed E-state index contributed by atoms with van der Waals surface area (Å²) in [6, 6.07) is 8.95. The molecule has 1 aliphatic rings. The largest absolute Gasteiger partial charge is 0.283 e. The van der Waals surface area contributed by atoms with E-state index in [-0.39, 0.29) is 11.9 Å². The quantitative estimate of drug-likeness (QED) is 0.705. The summed E-state index contributed by atoms with van der Waals surface area (Å²) >= 11 is 13.6. The summed E-state index contributed by atoms with van der Waals surface area (Å²) in [5, 5.41) is 1.60. The Labute approximate surface area is 161 Å². The summed E-state index contributed by atoms with van der Waals surface area (Å²) in [5.41, 5.74) is 2.12. The lowest BCUT2D eigenvalue weighted by Gasteiger charge is -2.23. The molecule has 2 heterocycles. The van der Waals surface area contributed by atoms with E-state index in [9.17, 15) is 4.79 Å². The van der Waals surface area contributed by atoms with Crippen LogP contribution in [-0.4, -0.2) is 32.8 Å². The van der Waals surface area contributed by atoms with Crippen LogP contribution < -0.4 is 0 Å². The third kappa shape index (κ3) is 4.00. The molecule has 1 atom stereocenters. The van der Waals surface area contributed by atoms with Crippen LogP contribution in [0.5, 0.6) is 0 Å². The molecule has 1 aromatic heterocycles. The van der Waals surface area contributed by atoms with E-state index in [1.807, 2.05) is 13.0 Å². The van der Waals surface area contributed by atoms with E-state index in [0.717, 1.165) is 17.9 Å². The van der Waals surface area contributed by atoms with Gasteiger partial charge in [-0.05, 0) is 43.7 Å². The van der Waals surface area contributed by atoms with Crippen molar-refractivity contribution in [2.24, 2.45) is 4.99 Å². The Morgan fingerprint density at radius 2 is 2.12 bits per heavy atom. The van der Waals surface area contributed by atoms with Crippen LogP contribution in [0, 0.1) is 6.92 Å². The minimum atomic E-state index is -0.0804. The maximum absolute atomic E-state index is 13.0. The maximum atomic E-state index is 13.0. The Bertz CT molecular complexity index is 824. The van der Waals surface area contributed by atoms with Gasteiger partial charge in [-0.1, -0.05) is 41.9 Å². The zero-order chi connectivity index (χ0) is 18.0. The average Bonchev–Trinajstić information content (AvgIpc) is 3.01. The molecule has 0 radical (unpaired) electrons. The zero-order valence-corrected chi connectivity index (χ0v) is 16.2. The molecule has 0 saturated carbocycles. The predicted octanol–water partition coefficient (Wildman–Crippen LogP) is 5.35. The second-order valence-corrected chi connectivity index (χ2v) is 7.53. The fraction of sp³-hybridized carbons (Fsp3) is 0.278. The number of thioether (sulfide) groups is 1. The van der Waals surface area contributed by atoms with Crippen LogP contribution in [0.4, 0.5) is 5.69 Å². The number of rotatable bonds is 3. The molecule has 1 aliphatic heterocycles. The van der Waals surface area contributed by atoms with E-state index in [0.29, 0.717) is 26.5 Å². The van der Waals surface area contributed by atoms with Crippen molar-refractivity contribution >= 4 is 51.7 Å². The molecule has 0 spiro atoms. The van der Waals surface area contributed by atoms with E-state index in [2.05, 4.69) is 16.9 Å². The van der Waals surface area contributed by atoms with E-state index < -0.39 is 0 Å². The molecule has 1 amide bonds. The summed E-state index contributed by atoms with van der Waals surface area (Å²) in [6.07, 6.45) is 2.47. The molecule has 0 N–H and O–H groups in total. The van der Waals surface area contributed by atoms with Crippen molar-refractivity contribution in [3.63, 3.8) is 0 Å². The van der Waals surface area contributed by atoms with Crippen molar-refractivity contribution in [1.82, 2.24) is 9.88 Å². The van der Waals surface area contributed by atoms with Crippen LogP contribution >= 0.6 is 35.0 Å². The third-order valence-electron chi connectivity index (χ3n) is 3.95. The van der Waals surface area contributed by atoms with Crippen molar-refractivity contribution in [1.29, 1.82) is 0 Å². The summed E-state index contributed by atoms with van der Waals surface area (Å²) in [7, 11) is 0. The highest BCUT2D eigenvalue weighted by molar-refractivity contribution is 8.14. The Hall–Kier alpha value is -1.56. The van der Waals surface area contributed by atoms with Gasteiger partial charge in [-0.3, -0.25) is 14.7 Å². The van der Waals surface area contributed by atoms with E-state index >= 15 is 0 Å². The van der Waals surface area contributed by atoms with Crippen LogP contribution in [0.25, 0.3) is 0 Å². The first-order valence-electron chi connectivity index (χ1n) is 7.92. The van der Waals surface area contributed by atoms with Crippen molar-refractivity contribution in [2.75, 3.05) is 5.75 Å². The minimum Gasteiger partial charge on any atom is -0.283 e. The number of pyridine rings is 1. The van der Waals surface area contributed by atoms with Gasteiger partial charge in [0.1, 0.15) is 0 Å². The first-order valence-corrected chi connectivity index (χ1v) is 9.66. The molecule has 1 saturated heterocycles. The zero-order valence-electron chi connectivity index (χ0n) is 13.9. The van der Waals surface area contributed by atoms with Gasteiger partial charge >= 0.3 is 0 Å². The molecule has 3 rings (SSSR count). The molecule has 4 nitrogen and oxygen atoms in total. The number of hydrogen-bond donors (Lipinski definition) is 0. The van der Waals surface area contributed by atoms with Gasteiger partial charge in [0, 0.05) is 23.7 Å². The number of benzene rings is 1. The van der Waals surface area contributed by atoms with E-state index in [4.69, 9.17) is 23.2 Å². The molecule has 0 bridgehead atoms. The Morgan fingerprint density at radius 3 is 2.76 bits per heavy atom. The van der Waals surface area contributed by atoms with Crippen LogP contribution in [0.3, 0.4) is 0 Å². The number of aromatic nitrogens is 1. The lowest BCUT2D eigenvalue weighted by Crippen LogP contribution is -2.39. The molecule has 1 aromatic carbocycles. The summed E-state index contributed by atoms with van der Waals surface area (Å²) in [5.74, 6) is 0.741. The second-order valence-electron chi connectivity index (χ2n) is 5.73. The number of aryl methyl sites for hydroxylation is 1.